The molecule has 0 aromatic carbocycles. The van der Waals surface area contributed by atoms with Crippen LogP contribution in [0.5, 0.6) is 0 Å². The van der Waals surface area contributed by atoms with E-state index in [0.29, 0.717) is 13.0 Å². The number of carboxylic acid groups (broad SMARTS) is 1. The molecule has 3 heteroatoms. The minimum atomic E-state index is -0.659. The van der Waals surface area contributed by atoms with Crippen molar-refractivity contribution in [1.29, 1.82) is 0 Å². The smallest absolute Gasteiger partial charge is 0.303 e. The Morgan fingerprint density at radius 3 is 1.38 bits per heavy atom. The SMILES string of the molecule is CC(C)CCCCCCCCCCCO.CCCCCCCCCCCC(=O)O. The van der Waals surface area contributed by atoms with Gasteiger partial charge in [0.25, 0.3) is 0 Å². The molecule has 0 bridgehead atoms. The number of aliphatic hydroxyl groups is 1. The molecule has 0 aliphatic carbocycles. The molecule has 0 aliphatic heterocycles. The molecular formula is C26H54O3. The van der Waals surface area contributed by atoms with Gasteiger partial charge in [-0.3, -0.25) is 4.79 Å². The van der Waals surface area contributed by atoms with Gasteiger partial charge in [0, 0.05) is 13.0 Å². The number of rotatable bonds is 21. The fourth-order valence-corrected chi connectivity index (χ4v) is 3.49. The van der Waals surface area contributed by atoms with E-state index in [-0.39, 0.29) is 0 Å². The summed E-state index contributed by atoms with van der Waals surface area (Å²) in [4.78, 5) is 10.2. The molecule has 0 unspecified atom stereocenters. The minimum absolute atomic E-state index is 0.343. The van der Waals surface area contributed by atoms with Crippen molar-refractivity contribution in [2.45, 2.75) is 149 Å². The maximum atomic E-state index is 10.2. The summed E-state index contributed by atoms with van der Waals surface area (Å²) in [5, 5.41) is 17.0. The van der Waals surface area contributed by atoms with Gasteiger partial charge in [-0.15, -0.1) is 0 Å². The summed E-state index contributed by atoms with van der Waals surface area (Å²) < 4.78 is 0. The predicted octanol–water partition coefficient (Wildman–Crippen LogP) is 8.53. The maximum Gasteiger partial charge on any atom is 0.303 e. The molecule has 176 valence electrons. The third kappa shape index (κ3) is 35.3. The van der Waals surface area contributed by atoms with Crippen LogP contribution in [-0.2, 0) is 4.79 Å². The third-order valence-electron chi connectivity index (χ3n) is 5.43. The number of aliphatic hydroxyl groups excluding tert-OH is 1. The van der Waals surface area contributed by atoms with Crippen LogP contribution >= 0.6 is 0 Å². The van der Waals surface area contributed by atoms with E-state index < -0.39 is 5.97 Å². The fourth-order valence-electron chi connectivity index (χ4n) is 3.49. The molecule has 3 nitrogen and oxygen atoms in total. The highest BCUT2D eigenvalue weighted by atomic mass is 16.4. The van der Waals surface area contributed by atoms with Crippen LogP contribution in [-0.4, -0.2) is 22.8 Å². The Morgan fingerprint density at radius 2 is 1.00 bits per heavy atom. The monoisotopic (exact) mass is 414 g/mol. The summed E-state index contributed by atoms with van der Waals surface area (Å²) >= 11 is 0. The summed E-state index contributed by atoms with van der Waals surface area (Å²) in [5.74, 6) is 0.219. The van der Waals surface area contributed by atoms with E-state index in [2.05, 4.69) is 20.8 Å². The normalized spacial score (nSPS) is 10.8. The van der Waals surface area contributed by atoms with Gasteiger partial charge in [0.05, 0.1) is 0 Å². The highest BCUT2D eigenvalue weighted by Gasteiger charge is 1.96. The Morgan fingerprint density at radius 1 is 0.621 bits per heavy atom. The summed E-state index contributed by atoms with van der Waals surface area (Å²) in [6, 6.07) is 0. The second kappa shape index (κ2) is 27.4. The highest BCUT2D eigenvalue weighted by Crippen LogP contribution is 2.13. The summed E-state index contributed by atoms with van der Waals surface area (Å²) in [5.41, 5.74) is 0. The molecule has 0 rings (SSSR count). The van der Waals surface area contributed by atoms with Crippen LogP contribution in [0.3, 0.4) is 0 Å². The van der Waals surface area contributed by atoms with Crippen molar-refractivity contribution < 1.29 is 15.0 Å². The van der Waals surface area contributed by atoms with Gasteiger partial charge in [-0.05, 0) is 18.8 Å². The number of carboxylic acids is 1. The van der Waals surface area contributed by atoms with Crippen molar-refractivity contribution in [3.8, 4) is 0 Å². The fraction of sp³-hybridized carbons (Fsp3) is 0.962. The average molecular weight is 415 g/mol. The van der Waals surface area contributed by atoms with E-state index >= 15 is 0 Å². The van der Waals surface area contributed by atoms with Crippen molar-refractivity contribution >= 4 is 5.97 Å². The molecule has 0 fully saturated rings. The number of carbonyl (C=O) groups is 1. The molecule has 0 amide bonds. The van der Waals surface area contributed by atoms with Crippen LogP contribution in [0, 0.1) is 5.92 Å². The number of hydrogen-bond acceptors (Lipinski definition) is 2. The lowest BCUT2D eigenvalue weighted by molar-refractivity contribution is -0.137. The Hall–Kier alpha value is -0.570. The summed E-state index contributed by atoms with van der Waals surface area (Å²) in [6.07, 6.45) is 24.8. The van der Waals surface area contributed by atoms with Crippen LogP contribution in [0.2, 0.25) is 0 Å². The van der Waals surface area contributed by atoms with Gasteiger partial charge in [0.1, 0.15) is 0 Å². The molecule has 0 heterocycles. The zero-order valence-corrected chi connectivity index (χ0v) is 20.2. The second-order valence-corrected chi connectivity index (χ2v) is 9.06. The molecule has 0 aliphatic rings. The van der Waals surface area contributed by atoms with Crippen molar-refractivity contribution in [2.75, 3.05) is 6.61 Å². The van der Waals surface area contributed by atoms with Crippen LogP contribution in [0.15, 0.2) is 0 Å². The van der Waals surface area contributed by atoms with Crippen molar-refractivity contribution in [3.05, 3.63) is 0 Å². The van der Waals surface area contributed by atoms with Crippen LogP contribution in [0.1, 0.15) is 149 Å². The molecule has 0 atom stereocenters. The van der Waals surface area contributed by atoms with Gasteiger partial charge < -0.3 is 10.2 Å². The first-order chi connectivity index (χ1) is 14.0. The predicted molar refractivity (Wildman–Crippen MR) is 128 cm³/mol. The zero-order chi connectivity index (χ0) is 22.0. The number of hydrogen-bond donors (Lipinski definition) is 2. The van der Waals surface area contributed by atoms with Crippen molar-refractivity contribution in [2.24, 2.45) is 5.92 Å². The molecular weight excluding hydrogens is 360 g/mol. The first-order valence-electron chi connectivity index (χ1n) is 12.9. The first kappa shape index (κ1) is 30.6. The summed E-state index contributed by atoms with van der Waals surface area (Å²) in [7, 11) is 0. The van der Waals surface area contributed by atoms with E-state index in [1.54, 1.807) is 0 Å². The van der Waals surface area contributed by atoms with E-state index in [1.807, 2.05) is 0 Å². The van der Waals surface area contributed by atoms with Gasteiger partial charge in [-0.1, -0.05) is 130 Å². The van der Waals surface area contributed by atoms with E-state index in [9.17, 15) is 4.79 Å². The van der Waals surface area contributed by atoms with E-state index in [4.69, 9.17) is 10.2 Å². The molecule has 0 aromatic heterocycles. The van der Waals surface area contributed by atoms with Gasteiger partial charge in [-0.25, -0.2) is 0 Å². The molecule has 0 saturated carbocycles. The molecule has 0 spiro atoms. The van der Waals surface area contributed by atoms with Gasteiger partial charge in [-0.2, -0.15) is 0 Å². The third-order valence-corrected chi connectivity index (χ3v) is 5.43. The topological polar surface area (TPSA) is 57.5 Å². The molecule has 2 N–H and O–H groups in total. The largest absolute Gasteiger partial charge is 0.481 e. The molecule has 0 saturated heterocycles. The Labute approximate surface area is 183 Å². The van der Waals surface area contributed by atoms with Gasteiger partial charge in [0.15, 0.2) is 0 Å². The number of aliphatic carboxylic acids is 1. The second-order valence-electron chi connectivity index (χ2n) is 9.06. The maximum absolute atomic E-state index is 10.2. The van der Waals surface area contributed by atoms with Crippen molar-refractivity contribution in [1.82, 2.24) is 0 Å². The molecule has 0 aromatic rings. The zero-order valence-electron chi connectivity index (χ0n) is 20.2. The molecule has 0 radical (unpaired) electrons. The minimum Gasteiger partial charge on any atom is -0.481 e. The van der Waals surface area contributed by atoms with Crippen LogP contribution < -0.4 is 0 Å². The lowest BCUT2D eigenvalue weighted by Gasteiger charge is -2.04. The van der Waals surface area contributed by atoms with Crippen LogP contribution in [0.4, 0.5) is 0 Å². The Kier molecular flexibility index (Phi) is 29.0. The first-order valence-corrected chi connectivity index (χ1v) is 12.9. The summed E-state index contributed by atoms with van der Waals surface area (Å²) in [6.45, 7) is 7.21. The van der Waals surface area contributed by atoms with Crippen molar-refractivity contribution in [3.63, 3.8) is 0 Å². The number of unbranched alkanes of at least 4 members (excludes halogenated alkanes) is 16. The highest BCUT2D eigenvalue weighted by molar-refractivity contribution is 5.66. The Balaban J connectivity index is 0. The molecule has 29 heavy (non-hydrogen) atoms. The van der Waals surface area contributed by atoms with Gasteiger partial charge in [0.2, 0.25) is 0 Å². The lowest BCUT2D eigenvalue weighted by Crippen LogP contribution is -1.93. The standard InChI is InChI=1S/C14H30O.C12H24O2/c1-14(2)12-10-8-6-4-3-5-7-9-11-13-15;1-2-3-4-5-6-7-8-9-10-11-12(13)14/h14-15H,3-13H2,1-2H3;2-11H2,1H3,(H,13,14). The average Bonchev–Trinajstić information content (AvgIpc) is 2.68. The van der Waals surface area contributed by atoms with E-state index in [0.717, 1.165) is 25.2 Å². The Bertz CT molecular complexity index is 302. The lowest BCUT2D eigenvalue weighted by atomic mass is 10.0. The van der Waals surface area contributed by atoms with Gasteiger partial charge >= 0.3 is 5.97 Å². The van der Waals surface area contributed by atoms with Crippen LogP contribution in [0.25, 0.3) is 0 Å². The quantitative estimate of drug-likeness (QED) is 0.185. The van der Waals surface area contributed by atoms with E-state index in [1.165, 1.54) is 103 Å².